The van der Waals surface area contributed by atoms with Crippen molar-refractivity contribution in [3.63, 3.8) is 0 Å². The molecule has 0 aliphatic carbocycles. The van der Waals surface area contributed by atoms with Gasteiger partial charge in [0.2, 0.25) is 0 Å². The summed E-state index contributed by atoms with van der Waals surface area (Å²) < 4.78 is 6.79. The van der Waals surface area contributed by atoms with Crippen molar-refractivity contribution in [2.75, 3.05) is 0 Å². The monoisotopic (exact) mass is 596 g/mol. The Morgan fingerprint density at radius 1 is 0.319 bits per heavy atom. The lowest BCUT2D eigenvalue weighted by Crippen LogP contribution is -1.93. The van der Waals surface area contributed by atoms with Crippen LogP contribution in [-0.2, 0) is 0 Å². The second-order valence-corrected chi connectivity index (χ2v) is 12.4. The topological polar surface area (TPSA) is 13.1 Å². The van der Waals surface area contributed by atoms with Gasteiger partial charge >= 0.3 is 0 Å². The fraction of sp³-hybridized carbons (Fsp3) is 0. The van der Waals surface area contributed by atoms with Gasteiger partial charge in [-0.05, 0) is 89.5 Å². The zero-order valence-corrected chi connectivity index (χ0v) is 25.6. The predicted octanol–water partition coefficient (Wildman–Crippen LogP) is 13.2. The molecule has 9 aromatic carbocycles. The van der Waals surface area contributed by atoms with Crippen molar-refractivity contribution in [3.8, 4) is 44.5 Å². The molecule has 0 fully saturated rings. The Balaban J connectivity index is 1.37. The summed E-state index contributed by atoms with van der Waals surface area (Å²) in [5, 5.41) is 9.79. The van der Waals surface area contributed by atoms with Crippen molar-refractivity contribution in [3.05, 3.63) is 170 Å². The van der Waals surface area contributed by atoms with Crippen molar-refractivity contribution < 1.29 is 4.42 Å². The third-order valence-corrected chi connectivity index (χ3v) is 9.81. The van der Waals surface area contributed by atoms with Gasteiger partial charge in [-0.2, -0.15) is 0 Å². The van der Waals surface area contributed by atoms with E-state index in [0.717, 1.165) is 22.3 Å². The maximum Gasteiger partial charge on any atom is 0.143 e. The maximum absolute atomic E-state index is 6.79. The smallest absolute Gasteiger partial charge is 0.143 e. The summed E-state index contributed by atoms with van der Waals surface area (Å²) in [6.45, 7) is 0. The first-order valence-corrected chi connectivity index (χ1v) is 16.2. The molecule has 0 bridgehead atoms. The Morgan fingerprint density at radius 3 is 1.60 bits per heavy atom. The molecule has 10 aromatic rings. The van der Waals surface area contributed by atoms with Crippen molar-refractivity contribution in [2.45, 2.75) is 0 Å². The second-order valence-electron chi connectivity index (χ2n) is 12.4. The van der Waals surface area contributed by atoms with Crippen LogP contribution in [0.5, 0.6) is 0 Å². The van der Waals surface area contributed by atoms with E-state index in [9.17, 15) is 0 Å². The van der Waals surface area contributed by atoms with E-state index in [1.165, 1.54) is 76.5 Å². The molecule has 0 saturated heterocycles. The normalized spacial score (nSPS) is 11.8. The molecule has 10 rings (SSSR count). The number of hydrogen-bond acceptors (Lipinski definition) is 1. The molecule has 1 nitrogen and oxygen atoms in total. The number of furan rings is 1. The fourth-order valence-corrected chi connectivity index (χ4v) is 7.78. The molecule has 0 aliphatic rings. The second kappa shape index (κ2) is 10.2. The molecule has 0 unspecified atom stereocenters. The van der Waals surface area contributed by atoms with Gasteiger partial charge in [0.25, 0.3) is 0 Å². The molecule has 1 heteroatoms. The Labute approximate surface area is 272 Å². The number of rotatable bonds is 4. The summed E-state index contributed by atoms with van der Waals surface area (Å²) in [4.78, 5) is 0. The number of benzene rings is 9. The van der Waals surface area contributed by atoms with E-state index in [1.54, 1.807) is 0 Å². The van der Waals surface area contributed by atoms with Crippen LogP contribution in [0.15, 0.2) is 174 Å². The van der Waals surface area contributed by atoms with Crippen LogP contribution in [-0.4, -0.2) is 0 Å². The van der Waals surface area contributed by atoms with Crippen LogP contribution in [0.4, 0.5) is 0 Å². The summed E-state index contributed by atoms with van der Waals surface area (Å²) in [6.07, 6.45) is 0. The van der Waals surface area contributed by atoms with Gasteiger partial charge in [-0.3, -0.25) is 0 Å². The highest BCUT2D eigenvalue weighted by atomic mass is 16.3. The molecule has 0 amide bonds. The molecular weight excluding hydrogens is 569 g/mol. The number of fused-ring (bicyclic) bond motifs is 2. The van der Waals surface area contributed by atoms with Crippen LogP contribution in [0.2, 0.25) is 0 Å². The van der Waals surface area contributed by atoms with Gasteiger partial charge in [0.1, 0.15) is 11.2 Å². The average molecular weight is 597 g/mol. The predicted molar refractivity (Wildman–Crippen MR) is 199 cm³/mol. The molecule has 218 valence electrons. The molecule has 0 saturated carbocycles. The van der Waals surface area contributed by atoms with Gasteiger partial charge in [0, 0.05) is 16.3 Å². The van der Waals surface area contributed by atoms with Gasteiger partial charge in [-0.15, -0.1) is 0 Å². The van der Waals surface area contributed by atoms with Crippen molar-refractivity contribution in [2.24, 2.45) is 0 Å². The molecular formula is C46H28O. The lowest BCUT2D eigenvalue weighted by atomic mass is 9.83. The van der Waals surface area contributed by atoms with E-state index >= 15 is 0 Å². The van der Waals surface area contributed by atoms with Crippen LogP contribution in [0, 0.1) is 0 Å². The summed E-state index contributed by atoms with van der Waals surface area (Å²) >= 11 is 0. The Kier molecular flexibility index (Phi) is 5.64. The van der Waals surface area contributed by atoms with Crippen molar-refractivity contribution in [1.82, 2.24) is 0 Å². The van der Waals surface area contributed by atoms with E-state index < -0.39 is 0 Å². The van der Waals surface area contributed by atoms with E-state index in [4.69, 9.17) is 4.42 Å². The van der Waals surface area contributed by atoms with Gasteiger partial charge in [-0.1, -0.05) is 152 Å². The highest BCUT2D eigenvalue weighted by Gasteiger charge is 2.24. The highest BCUT2D eigenvalue weighted by molar-refractivity contribution is 6.30. The zero-order valence-electron chi connectivity index (χ0n) is 25.6. The Bertz CT molecular complexity index is 2710. The Morgan fingerprint density at radius 2 is 0.894 bits per heavy atom. The van der Waals surface area contributed by atoms with Crippen LogP contribution in [0.3, 0.4) is 0 Å². The van der Waals surface area contributed by atoms with Crippen molar-refractivity contribution >= 4 is 54.3 Å². The first-order chi connectivity index (χ1) is 23.3. The third kappa shape index (κ3) is 3.90. The van der Waals surface area contributed by atoms with Crippen LogP contribution in [0.1, 0.15) is 0 Å². The first-order valence-electron chi connectivity index (χ1n) is 16.2. The summed E-state index contributed by atoms with van der Waals surface area (Å²) in [6, 6.07) is 61.4. The summed E-state index contributed by atoms with van der Waals surface area (Å²) in [7, 11) is 0. The molecule has 0 aliphatic heterocycles. The molecule has 47 heavy (non-hydrogen) atoms. The van der Waals surface area contributed by atoms with E-state index in [-0.39, 0.29) is 0 Å². The maximum atomic E-state index is 6.79. The first kappa shape index (κ1) is 26.1. The summed E-state index contributed by atoms with van der Waals surface area (Å²) in [5.41, 5.74) is 11.5. The summed E-state index contributed by atoms with van der Waals surface area (Å²) in [5.74, 6) is 0. The molecule has 0 N–H and O–H groups in total. The third-order valence-electron chi connectivity index (χ3n) is 9.81. The van der Waals surface area contributed by atoms with Gasteiger partial charge in [0.05, 0.1) is 0 Å². The minimum Gasteiger partial charge on any atom is -0.455 e. The minimum absolute atomic E-state index is 0.926. The Hall–Kier alpha value is -6.18. The van der Waals surface area contributed by atoms with E-state index in [0.29, 0.717) is 0 Å². The standard InChI is InChI=1S/C46H28O/c1-3-13-29(14-4-1)32-18-11-19-33(27-32)39-28-40(38-26-25-31-17-12-24-41-43(31)45(38)46(39)47-41)44-36-22-9-7-20-34(36)42(30-15-5-2-6-16-30)35-21-8-10-23-37(35)44/h1-28H. The fourth-order valence-electron chi connectivity index (χ4n) is 7.78. The van der Waals surface area contributed by atoms with E-state index in [2.05, 4.69) is 170 Å². The largest absolute Gasteiger partial charge is 0.455 e. The molecule has 0 spiro atoms. The van der Waals surface area contributed by atoms with Crippen LogP contribution >= 0.6 is 0 Å². The quantitative estimate of drug-likeness (QED) is 0.145. The highest BCUT2D eigenvalue weighted by Crippen LogP contribution is 2.50. The minimum atomic E-state index is 0.926. The van der Waals surface area contributed by atoms with Crippen LogP contribution < -0.4 is 0 Å². The van der Waals surface area contributed by atoms with Gasteiger partial charge in [-0.25, -0.2) is 0 Å². The SMILES string of the molecule is c1ccc(-c2cccc(-c3cc(-c4c5ccccc5c(-c5ccccc5)c5ccccc45)c4ccc5cccc6oc3c4c56)c2)cc1. The molecule has 0 radical (unpaired) electrons. The molecule has 0 atom stereocenters. The number of hydrogen-bond donors (Lipinski definition) is 0. The molecule has 1 heterocycles. The van der Waals surface area contributed by atoms with E-state index in [1.807, 2.05) is 0 Å². The van der Waals surface area contributed by atoms with Gasteiger partial charge in [0.15, 0.2) is 0 Å². The zero-order chi connectivity index (χ0) is 30.9. The van der Waals surface area contributed by atoms with Crippen molar-refractivity contribution in [1.29, 1.82) is 0 Å². The van der Waals surface area contributed by atoms with Gasteiger partial charge < -0.3 is 4.42 Å². The lowest BCUT2D eigenvalue weighted by Gasteiger charge is -2.20. The lowest BCUT2D eigenvalue weighted by molar-refractivity contribution is 0.670. The van der Waals surface area contributed by atoms with Crippen LogP contribution in [0.25, 0.3) is 98.8 Å². The molecule has 1 aromatic heterocycles. The average Bonchev–Trinajstić information content (AvgIpc) is 3.54.